The Balaban J connectivity index is 1.17. The first kappa shape index (κ1) is 22.0. The van der Waals surface area contributed by atoms with Crippen LogP contribution < -0.4 is 19.7 Å². The molecule has 1 atom stereocenters. The molecule has 0 spiro atoms. The molecule has 176 valence electrons. The monoisotopic (exact) mass is 450 g/mol. The van der Waals surface area contributed by atoms with E-state index in [1.807, 2.05) is 18.2 Å². The minimum Gasteiger partial charge on any atom is -0.486 e. The second kappa shape index (κ2) is 10.0. The molecule has 1 amide bonds. The summed E-state index contributed by atoms with van der Waals surface area (Å²) in [4.78, 5) is 20.0. The Morgan fingerprint density at radius 1 is 0.970 bits per heavy atom. The number of anilines is 2. The third-order valence-electron chi connectivity index (χ3n) is 7.00. The number of piperazine rings is 1. The molecule has 3 aliphatic heterocycles. The zero-order valence-corrected chi connectivity index (χ0v) is 19.5. The van der Waals surface area contributed by atoms with Crippen molar-refractivity contribution in [2.24, 2.45) is 0 Å². The van der Waals surface area contributed by atoms with Gasteiger partial charge >= 0.3 is 0 Å². The maximum absolute atomic E-state index is 12.8. The lowest BCUT2D eigenvalue weighted by atomic mass is 10.0. The molecule has 0 aromatic heterocycles. The van der Waals surface area contributed by atoms with Gasteiger partial charge < -0.3 is 24.6 Å². The minimum atomic E-state index is 0.0313. The van der Waals surface area contributed by atoms with Gasteiger partial charge in [-0.15, -0.1) is 0 Å². The first-order valence-electron chi connectivity index (χ1n) is 12.2. The Kier molecular flexibility index (Phi) is 6.69. The number of likely N-dealkylation sites (N-methyl/N-ethyl adjacent to an activating group) is 1. The van der Waals surface area contributed by atoms with Crippen LogP contribution in [-0.2, 0) is 4.79 Å². The normalized spacial score (nSPS) is 21.2. The van der Waals surface area contributed by atoms with Crippen LogP contribution >= 0.6 is 0 Å². The zero-order valence-electron chi connectivity index (χ0n) is 19.5. The number of hydrogen-bond donors (Lipinski definition) is 1. The molecular weight excluding hydrogens is 416 g/mol. The number of carbonyl (C=O) groups excluding carboxylic acids is 1. The predicted molar refractivity (Wildman–Crippen MR) is 130 cm³/mol. The number of benzene rings is 2. The molecule has 2 fully saturated rings. The van der Waals surface area contributed by atoms with Gasteiger partial charge in [-0.05, 0) is 67.9 Å². The highest BCUT2D eigenvalue weighted by Gasteiger charge is 2.29. The number of nitrogens with zero attached hydrogens (tertiary/aromatic N) is 3. The van der Waals surface area contributed by atoms with Crippen LogP contribution in [0.25, 0.3) is 0 Å². The molecule has 3 heterocycles. The fourth-order valence-electron chi connectivity index (χ4n) is 5.12. The van der Waals surface area contributed by atoms with E-state index in [4.69, 9.17) is 9.47 Å². The Morgan fingerprint density at radius 3 is 2.48 bits per heavy atom. The average Bonchev–Trinajstić information content (AvgIpc) is 3.32. The molecule has 2 aromatic carbocycles. The Labute approximate surface area is 196 Å². The lowest BCUT2D eigenvalue weighted by Crippen LogP contribution is -2.46. The molecule has 2 saturated heterocycles. The van der Waals surface area contributed by atoms with E-state index < -0.39 is 0 Å². The summed E-state index contributed by atoms with van der Waals surface area (Å²) in [6.45, 7) is 10.1. The number of fused-ring (bicyclic) bond motifs is 1. The molecule has 33 heavy (non-hydrogen) atoms. The summed E-state index contributed by atoms with van der Waals surface area (Å²) >= 11 is 0. The number of likely N-dealkylation sites (tertiary alicyclic amines) is 1. The van der Waals surface area contributed by atoms with Gasteiger partial charge in [0, 0.05) is 43.6 Å². The van der Waals surface area contributed by atoms with E-state index in [9.17, 15) is 4.79 Å². The van der Waals surface area contributed by atoms with Crippen LogP contribution in [0.3, 0.4) is 0 Å². The number of carbonyl (C=O) groups is 1. The van der Waals surface area contributed by atoms with Gasteiger partial charge in [0.1, 0.15) is 13.2 Å². The van der Waals surface area contributed by atoms with Crippen molar-refractivity contribution in [1.82, 2.24) is 9.80 Å². The van der Waals surface area contributed by atoms with Crippen LogP contribution in [0.1, 0.15) is 31.4 Å². The van der Waals surface area contributed by atoms with E-state index in [0.29, 0.717) is 19.8 Å². The molecule has 3 aliphatic rings. The third kappa shape index (κ3) is 5.09. The number of rotatable bonds is 6. The molecule has 0 bridgehead atoms. The van der Waals surface area contributed by atoms with Gasteiger partial charge in [-0.1, -0.05) is 13.0 Å². The summed E-state index contributed by atoms with van der Waals surface area (Å²) in [7, 11) is 0. The van der Waals surface area contributed by atoms with Crippen LogP contribution in [0.4, 0.5) is 11.4 Å². The van der Waals surface area contributed by atoms with Gasteiger partial charge in [0.15, 0.2) is 11.5 Å². The summed E-state index contributed by atoms with van der Waals surface area (Å²) in [5.74, 6) is 1.65. The first-order chi connectivity index (χ1) is 16.2. The Bertz CT molecular complexity index is 957. The van der Waals surface area contributed by atoms with E-state index in [1.165, 1.54) is 11.3 Å². The van der Waals surface area contributed by atoms with Crippen molar-refractivity contribution >= 4 is 17.3 Å². The van der Waals surface area contributed by atoms with Crippen molar-refractivity contribution in [3.63, 3.8) is 0 Å². The third-order valence-corrected chi connectivity index (χ3v) is 7.00. The van der Waals surface area contributed by atoms with E-state index in [0.717, 1.165) is 69.3 Å². The summed E-state index contributed by atoms with van der Waals surface area (Å²) < 4.78 is 11.4. The zero-order chi connectivity index (χ0) is 22.6. The van der Waals surface area contributed by atoms with Gasteiger partial charge in [-0.3, -0.25) is 9.69 Å². The van der Waals surface area contributed by atoms with E-state index >= 15 is 0 Å². The largest absolute Gasteiger partial charge is 0.486 e. The van der Waals surface area contributed by atoms with Crippen LogP contribution in [0.15, 0.2) is 42.5 Å². The molecule has 1 unspecified atom stereocenters. The molecule has 5 rings (SSSR count). The highest BCUT2D eigenvalue weighted by Crippen LogP contribution is 2.38. The Hall–Kier alpha value is -2.77. The van der Waals surface area contributed by atoms with Gasteiger partial charge in [0.25, 0.3) is 0 Å². The molecular formula is C26H34N4O3. The molecule has 0 aliphatic carbocycles. The molecule has 0 saturated carbocycles. The van der Waals surface area contributed by atoms with Gasteiger partial charge in [-0.25, -0.2) is 0 Å². The molecule has 7 nitrogen and oxygen atoms in total. The number of amides is 1. The SMILES string of the molecule is CCN1CCN(c2ccc(NC(=O)CN3CCCC3c3ccc4c(c3)OCCO4)cc2)CC1. The molecule has 0 radical (unpaired) electrons. The summed E-state index contributed by atoms with van der Waals surface area (Å²) in [5, 5.41) is 3.09. The second-order valence-electron chi connectivity index (χ2n) is 9.05. The lowest BCUT2D eigenvalue weighted by Gasteiger charge is -2.35. The van der Waals surface area contributed by atoms with E-state index in [1.54, 1.807) is 0 Å². The van der Waals surface area contributed by atoms with Crippen molar-refractivity contribution in [1.29, 1.82) is 0 Å². The average molecular weight is 451 g/mol. The van der Waals surface area contributed by atoms with Crippen molar-refractivity contribution in [2.45, 2.75) is 25.8 Å². The highest BCUT2D eigenvalue weighted by atomic mass is 16.6. The van der Waals surface area contributed by atoms with Gasteiger partial charge in [-0.2, -0.15) is 0 Å². The topological polar surface area (TPSA) is 57.3 Å². The minimum absolute atomic E-state index is 0.0313. The summed E-state index contributed by atoms with van der Waals surface area (Å²) in [6.07, 6.45) is 2.14. The van der Waals surface area contributed by atoms with Crippen LogP contribution in [0.2, 0.25) is 0 Å². The van der Waals surface area contributed by atoms with Gasteiger partial charge in [0.2, 0.25) is 5.91 Å². The Morgan fingerprint density at radius 2 is 1.73 bits per heavy atom. The van der Waals surface area contributed by atoms with Crippen molar-refractivity contribution < 1.29 is 14.3 Å². The first-order valence-corrected chi connectivity index (χ1v) is 12.2. The fraction of sp³-hybridized carbons (Fsp3) is 0.500. The quantitative estimate of drug-likeness (QED) is 0.728. The van der Waals surface area contributed by atoms with Crippen molar-refractivity contribution in [2.75, 3.05) is 69.2 Å². The van der Waals surface area contributed by atoms with Crippen LogP contribution in [0.5, 0.6) is 11.5 Å². The van der Waals surface area contributed by atoms with Crippen LogP contribution in [-0.4, -0.2) is 74.7 Å². The van der Waals surface area contributed by atoms with Crippen LogP contribution in [0, 0.1) is 0 Å². The molecule has 2 aromatic rings. The lowest BCUT2D eigenvalue weighted by molar-refractivity contribution is -0.117. The standard InChI is InChI=1S/C26H34N4O3/c1-2-28-12-14-29(15-13-28)22-8-6-21(7-9-22)27-26(31)19-30-11-3-4-23(30)20-5-10-24-25(18-20)33-17-16-32-24/h5-10,18,23H,2-4,11-17,19H2,1H3,(H,27,31). The highest BCUT2D eigenvalue weighted by molar-refractivity contribution is 5.92. The summed E-state index contributed by atoms with van der Waals surface area (Å²) in [6, 6.07) is 14.7. The maximum atomic E-state index is 12.8. The van der Waals surface area contributed by atoms with E-state index in [2.05, 4.69) is 51.2 Å². The summed E-state index contributed by atoms with van der Waals surface area (Å²) in [5.41, 5.74) is 3.27. The maximum Gasteiger partial charge on any atom is 0.238 e. The number of hydrogen-bond acceptors (Lipinski definition) is 6. The second-order valence-corrected chi connectivity index (χ2v) is 9.05. The smallest absolute Gasteiger partial charge is 0.238 e. The van der Waals surface area contributed by atoms with Gasteiger partial charge in [0.05, 0.1) is 6.54 Å². The van der Waals surface area contributed by atoms with Crippen molar-refractivity contribution in [3.05, 3.63) is 48.0 Å². The van der Waals surface area contributed by atoms with Crippen molar-refractivity contribution in [3.8, 4) is 11.5 Å². The molecule has 7 heteroatoms. The number of ether oxygens (including phenoxy) is 2. The predicted octanol–water partition coefficient (Wildman–Crippen LogP) is 3.38. The molecule has 1 N–H and O–H groups in total. The fourth-order valence-corrected chi connectivity index (χ4v) is 5.12. The van der Waals surface area contributed by atoms with E-state index in [-0.39, 0.29) is 11.9 Å². The number of nitrogens with one attached hydrogen (secondary N) is 1.